The monoisotopic (exact) mass is 432 g/mol. The number of carbonyl (C=O) groups excluding carboxylic acids is 1. The maximum atomic E-state index is 13.2. The topological polar surface area (TPSA) is 96.8 Å². The number of nitrogens with zero attached hydrogens (tertiary/aromatic N) is 5. The molecule has 9 heteroatoms. The summed E-state index contributed by atoms with van der Waals surface area (Å²) in [6.45, 7) is 1.51. The van der Waals surface area contributed by atoms with E-state index < -0.39 is 0 Å². The van der Waals surface area contributed by atoms with Crippen molar-refractivity contribution in [3.05, 3.63) is 87.7 Å². The van der Waals surface area contributed by atoms with Gasteiger partial charge in [-0.25, -0.2) is 14.1 Å². The van der Waals surface area contributed by atoms with E-state index in [2.05, 4.69) is 20.3 Å². The van der Waals surface area contributed by atoms with Crippen LogP contribution in [0.2, 0.25) is 0 Å². The van der Waals surface area contributed by atoms with Crippen LogP contribution in [0.15, 0.2) is 59.4 Å². The lowest BCUT2D eigenvalue weighted by Crippen LogP contribution is -2.38. The molecule has 5 rings (SSSR count). The predicted molar refractivity (Wildman–Crippen MR) is 116 cm³/mol. The first kappa shape index (κ1) is 20.0. The summed E-state index contributed by atoms with van der Waals surface area (Å²) in [5.74, 6) is 0.312. The van der Waals surface area contributed by atoms with Crippen LogP contribution in [0.1, 0.15) is 40.5 Å². The highest BCUT2D eigenvalue weighted by atomic mass is 19.1. The number of carbonyl (C=O) groups is 1. The van der Waals surface area contributed by atoms with E-state index in [1.54, 1.807) is 16.8 Å². The molecular formula is C23H21FN6O2. The third-order valence-electron chi connectivity index (χ3n) is 5.83. The molecule has 0 radical (unpaired) electrons. The van der Waals surface area contributed by atoms with Crippen LogP contribution in [-0.2, 0) is 6.54 Å². The van der Waals surface area contributed by atoms with Crippen molar-refractivity contribution in [2.45, 2.75) is 25.3 Å². The number of benzene rings is 2. The molecule has 162 valence electrons. The van der Waals surface area contributed by atoms with E-state index >= 15 is 0 Å². The normalized spacial score (nSPS) is 14.7. The maximum absolute atomic E-state index is 13.2. The maximum Gasteiger partial charge on any atom is 0.281 e. The van der Waals surface area contributed by atoms with E-state index in [0.717, 1.165) is 5.56 Å². The average Bonchev–Trinajstić information content (AvgIpc) is 3.24. The predicted octanol–water partition coefficient (Wildman–Crippen LogP) is 2.72. The van der Waals surface area contributed by atoms with Crippen molar-refractivity contribution in [2.75, 3.05) is 13.1 Å². The fraction of sp³-hybridized carbons (Fsp3) is 0.261. The van der Waals surface area contributed by atoms with Crippen molar-refractivity contribution in [3.63, 3.8) is 0 Å². The second-order valence-corrected chi connectivity index (χ2v) is 7.93. The Hall–Kier alpha value is -3.88. The van der Waals surface area contributed by atoms with E-state index in [-0.39, 0.29) is 28.7 Å². The highest BCUT2D eigenvalue weighted by Crippen LogP contribution is 2.26. The quantitative estimate of drug-likeness (QED) is 0.535. The van der Waals surface area contributed by atoms with Gasteiger partial charge in [-0.05, 0) is 42.7 Å². The average molecular weight is 432 g/mol. The molecule has 1 N–H and O–H groups in total. The Balaban J connectivity index is 1.35. The molecule has 0 spiro atoms. The number of likely N-dealkylation sites (tertiary alicyclic amines) is 1. The van der Waals surface area contributed by atoms with E-state index in [1.807, 2.05) is 35.2 Å². The lowest BCUT2D eigenvalue weighted by Gasteiger charge is -2.31. The number of aromatic amines is 1. The minimum Gasteiger partial charge on any atom is -0.339 e. The molecule has 3 heterocycles. The van der Waals surface area contributed by atoms with E-state index in [4.69, 9.17) is 0 Å². The molecule has 1 aliphatic rings. The van der Waals surface area contributed by atoms with Crippen LogP contribution in [0, 0.1) is 5.82 Å². The molecule has 4 aromatic rings. The minimum absolute atomic E-state index is 0.0162. The van der Waals surface area contributed by atoms with Crippen LogP contribution in [-0.4, -0.2) is 48.9 Å². The Bertz CT molecular complexity index is 1310. The third-order valence-corrected chi connectivity index (χ3v) is 5.83. The number of amides is 1. The molecular weight excluding hydrogens is 411 g/mol. The van der Waals surface area contributed by atoms with Crippen LogP contribution in [0.4, 0.5) is 4.39 Å². The van der Waals surface area contributed by atoms with Gasteiger partial charge in [-0.15, -0.1) is 5.10 Å². The molecule has 8 nitrogen and oxygen atoms in total. The summed E-state index contributed by atoms with van der Waals surface area (Å²) in [6, 6.07) is 15.3. The Kier molecular flexibility index (Phi) is 5.22. The number of fused-ring (bicyclic) bond motifs is 1. The highest BCUT2D eigenvalue weighted by molar-refractivity contribution is 5.94. The van der Waals surface area contributed by atoms with Gasteiger partial charge in [-0.1, -0.05) is 35.5 Å². The van der Waals surface area contributed by atoms with Gasteiger partial charge in [0.05, 0.1) is 6.54 Å². The molecule has 32 heavy (non-hydrogen) atoms. The largest absolute Gasteiger partial charge is 0.339 e. The summed E-state index contributed by atoms with van der Waals surface area (Å²) in [5, 5.41) is 8.03. The van der Waals surface area contributed by atoms with E-state index in [0.29, 0.717) is 49.5 Å². The standard InChI is InChI=1S/C23H21FN6O2/c24-18-8-6-15(7-9-18)14-30-21-19(27-28-30)22(31)26-20(25-21)16-10-12-29(13-11-16)23(32)17-4-2-1-3-5-17/h1-9,16H,10-14H2,(H,25,26,31). The Morgan fingerprint density at radius 3 is 2.50 bits per heavy atom. The number of H-pyrrole nitrogens is 1. The lowest BCUT2D eigenvalue weighted by atomic mass is 9.95. The van der Waals surface area contributed by atoms with Crippen LogP contribution >= 0.6 is 0 Å². The zero-order valence-corrected chi connectivity index (χ0v) is 17.2. The smallest absolute Gasteiger partial charge is 0.281 e. The zero-order chi connectivity index (χ0) is 22.1. The molecule has 1 aliphatic heterocycles. The summed E-state index contributed by atoms with van der Waals surface area (Å²) < 4.78 is 14.7. The number of nitrogens with one attached hydrogen (secondary N) is 1. The van der Waals surface area contributed by atoms with Gasteiger partial charge in [-0.2, -0.15) is 0 Å². The van der Waals surface area contributed by atoms with Gasteiger partial charge in [0, 0.05) is 24.6 Å². The van der Waals surface area contributed by atoms with Crippen LogP contribution in [0.5, 0.6) is 0 Å². The molecule has 0 atom stereocenters. The fourth-order valence-electron chi connectivity index (χ4n) is 4.07. The Morgan fingerprint density at radius 2 is 1.78 bits per heavy atom. The molecule has 1 amide bonds. The highest BCUT2D eigenvalue weighted by Gasteiger charge is 2.27. The van der Waals surface area contributed by atoms with Gasteiger partial charge in [0.1, 0.15) is 11.6 Å². The number of hydrogen-bond acceptors (Lipinski definition) is 5. The van der Waals surface area contributed by atoms with Gasteiger partial charge < -0.3 is 9.88 Å². The number of hydrogen-bond donors (Lipinski definition) is 1. The summed E-state index contributed by atoms with van der Waals surface area (Å²) >= 11 is 0. The number of aromatic nitrogens is 5. The van der Waals surface area contributed by atoms with Crippen molar-refractivity contribution >= 4 is 17.1 Å². The number of rotatable bonds is 4. The number of halogens is 1. The lowest BCUT2D eigenvalue weighted by molar-refractivity contribution is 0.0711. The minimum atomic E-state index is -0.335. The van der Waals surface area contributed by atoms with Crippen molar-refractivity contribution in [2.24, 2.45) is 0 Å². The van der Waals surface area contributed by atoms with Crippen molar-refractivity contribution in [1.29, 1.82) is 0 Å². The van der Waals surface area contributed by atoms with Gasteiger partial charge in [-0.3, -0.25) is 9.59 Å². The SMILES string of the molecule is O=C(c1ccccc1)N1CCC(c2nc3c(nnn3Cc3ccc(F)cc3)c(=O)[nH]2)CC1. The van der Waals surface area contributed by atoms with Crippen LogP contribution in [0.3, 0.4) is 0 Å². The first-order valence-corrected chi connectivity index (χ1v) is 10.5. The molecule has 0 unspecified atom stereocenters. The van der Waals surface area contributed by atoms with Gasteiger partial charge in [0.2, 0.25) is 0 Å². The van der Waals surface area contributed by atoms with Crippen molar-refractivity contribution in [3.8, 4) is 0 Å². The van der Waals surface area contributed by atoms with Gasteiger partial charge >= 0.3 is 0 Å². The van der Waals surface area contributed by atoms with Crippen molar-refractivity contribution < 1.29 is 9.18 Å². The Labute approximate surface area is 182 Å². The van der Waals surface area contributed by atoms with Gasteiger partial charge in [0.25, 0.3) is 11.5 Å². The summed E-state index contributed by atoms with van der Waals surface area (Å²) in [6.07, 6.45) is 1.40. The van der Waals surface area contributed by atoms with E-state index in [1.165, 1.54) is 12.1 Å². The summed E-state index contributed by atoms with van der Waals surface area (Å²) in [5.41, 5.74) is 1.74. The van der Waals surface area contributed by atoms with E-state index in [9.17, 15) is 14.0 Å². The summed E-state index contributed by atoms with van der Waals surface area (Å²) in [4.78, 5) is 34.6. The molecule has 1 fully saturated rings. The van der Waals surface area contributed by atoms with Crippen molar-refractivity contribution in [1.82, 2.24) is 29.9 Å². The fourth-order valence-corrected chi connectivity index (χ4v) is 4.07. The number of piperidine rings is 1. The second kappa shape index (κ2) is 8.33. The molecule has 1 saturated heterocycles. The van der Waals surface area contributed by atoms with Crippen LogP contribution < -0.4 is 5.56 Å². The molecule has 0 saturated carbocycles. The van der Waals surface area contributed by atoms with Crippen LogP contribution in [0.25, 0.3) is 11.2 Å². The summed E-state index contributed by atoms with van der Waals surface area (Å²) in [7, 11) is 0. The third kappa shape index (κ3) is 3.89. The molecule has 2 aromatic heterocycles. The second-order valence-electron chi connectivity index (χ2n) is 7.93. The first-order valence-electron chi connectivity index (χ1n) is 10.5. The molecule has 0 aliphatic carbocycles. The molecule has 0 bridgehead atoms. The zero-order valence-electron chi connectivity index (χ0n) is 17.2. The van der Waals surface area contributed by atoms with Gasteiger partial charge in [0.15, 0.2) is 11.2 Å². The Morgan fingerprint density at radius 1 is 1.06 bits per heavy atom. The molecule has 2 aromatic carbocycles. The first-order chi connectivity index (χ1) is 15.6.